The number of carbonyl (C=O) groups excluding carboxylic acids is 2. The van der Waals surface area contributed by atoms with Crippen LogP contribution in [0.5, 0.6) is 11.5 Å². The number of methoxy groups -OCH3 is 2. The maximum Gasteiger partial charge on any atom is 0.425 e. The van der Waals surface area contributed by atoms with Gasteiger partial charge in [0, 0.05) is 20.6 Å². The zero-order valence-corrected chi connectivity index (χ0v) is 27.5. The molecule has 4 aromatic rings. The van der Waals surface area contributed by atoms with Crippen LogP contribution in [0.1, 0.15) is 34.6 Å². The van der Waals surface area contributed by atoms with Crippen LogP contribution in [0.2, 0.25) is 0 Å². The largest absolute Gasteiger partial charge is 0.497 e. The highest BCUT2D eigenvalue weighted by Gasteiger charge is 2.30. The van der Waals surface area contributed by atoms with Crippen LogP contribution in [0.3, 0.4) is 0 Å². The molecule has 0 aliphatic carbocycles. The molecule has 0 fully saturated rings. The predicted molar refractivity (Wildman–Crippen MR) is 177 cm³/mol. The fourth-order valence-electron chi connectivity index (χ4n) is 4.14. The fraction of sp³-hybridized carbons (Fsp3) is 0.303. The van der Waals surface area contributed by atoms with Crippen LogP contribution in [0.4, 0.5) is 16.3 Å². The number of fused-ring (bicyclic) bond motifs is 1. The molecule has 0 saturated carbocycles. The van der Waals surface area contributed by atoms with Crippen molar-refractivity contribution >= 4 is 58.2 Å². The second kappa shape index (κ2) is 14.6. The van der Waals surface area contributed by atoms with E-state index < -0.39 is 17.7 Å². The van der Waals surface area contributed by atoms with Gasteiger partial charge in [-0.25, -0.2) is 18.9 Å². The molecule has 0 saturated heterocycles. The summed E-state index contributed by atoms with van der Waals surface area (Å²) in [5, 5.41) is 1.49. The van der Waals surface area contributed by atoms with Gasteiger partial charge in [0.15, 0.2) is 0 Å². The van der Waals surface area contributed by atoms with E-state index in [1.807, 2.05) is 97.9 Å². The first-order valence-corrected chi connectivity index (χ1v) is 15.6. The van der Waals surface area contributed by atoms with Crippen LogP contribution >= 0.6 is 23.9 Å². The normalized spacial score (nSPS) is 11.9. The highest BCUT2D eigenvalue weighted by molar-refractivity contribution is 8.01. The van der Waals surface area contributed by atoms with Crippen molar-refractivity contribution < 1.29 is 28.5 Å². The molecule has 1 aromatic heterocycles. The molecular weight excluding hydrogens is 599 g/mol. The van der Waals surface area contributed by atoms with E-state index in [9.17, 15) is 9.59 Å². The number of esters is 1. The smallest absolute Gasteiger partial charge is 0.425 e. The van der Waals surface area contributed by atoms with Gasteiger partial charge in [-0.05, 0) is 107 Å². The van der Waals surface area contributed by atoms with Crippen molar-refractivity contribution in [3.63, 3.8) is 0 Å². The van der Waals surface area contributed by atoms with Gasteiger partial charge in [0.2, 0.25) is 0 Å². The third kappa shape index (κ3) is 8.09. The average Bonchev–Trinajstić information content (AvgIpc) is 3.01. The topological polar surface area (TPSA) is 90.4 Å². The highest BCUT2D eigenvalue weighted by atomic mass is 32.2. The Morgan fingerprint density at radius 3 is 1.91 bits per heavy atom. The summed E-state index contributed by atoms with van der Waals surface area (Å²) in [6, 6.07) is 21.9. The number of rotatable bonds is 11. The minimum absolute atomic E-state index is 0.255. The van der Waals surface area contributed by atoms with E-state index in [2.05, 4.69) is 0 Å². The minimum Gasteiger partial charge on any atom is -0.497 e. The summed E-state index contributed by atoms with van der Waals surface area (Å²) in [4.78, 5) is 33.2. The highest BCUT2D eigenvalue weighted by Crippen LogP contribution is 2.41. The summed E-state index contributed by atoms with van der Waals surface area (Å²) >= 11 is 2.59. The van der Waals surface area contributed by atoms with Gasteiger partial charge < -0.3 is 18.9 Å². The molecule has 0 radical (unpaired) electrons. The molecule has 0 aliphatic rings. The zero-order chi connectivity index (χ0) is 31.9. The molecule has 0 aliphatic heterocycles. The lowest BCUT2D eigenvalue weighted by atomic mass is 10.1. The predicted octanol–water partition coefficient (Wildman–Crippen LogP) is 8.17. The van der Waals surface area contributed by atoms with Crippen molar-refractivity contribution in [3.8, 4) is 11.5 Å². The van der Waals surface area contributed by atoms with Crippen molar-refractivity contribution in [1.29, 1.82) is 0 Å². The van der Waals surface area contributed by atoms with Crippen molar-refractivity contribution in [1.82, 2.24) is 4.98 Å². The number of ether oxygens (including phenoxy) is 4. The van der Waals surface area contributed by atoms with Crippen LogP contribution in [0.25, 0.3) is 10.8 Å². The Bertz CT molecular complexity index is 1580. The zero-order valence-electron chi connectivity index (χ0n) is 25.9. The molecule has 0 bridgehead atoms. The van der Waals surface area contributed by atoms with Gasteiger partial charge in [-0.1, -0.05) is 24.3 Å². The van der Waals surface area contributed by atoms with Gasteiger partial charge >= 0.3 is 12.1 Å². The molecule has 3 aromatic carbocycles. The van der Waals surface area contributed by atoms with Gasteiger partial charge in [0.25, 0.3) is 0 Å². The lowest BCUT2D eigenvalue weighted by Crippen LogP contribution is -2.36. The molecule has 4 rings (SSSR count). The molecule has 44 heavy (non-hydrogen) atoms. The number of nitrogens with zero attached hydrogens (tertiary/aromatic N) is 3. The molecule has 1 amide bonds. The number of pyridine rings is 1. The second-order valence-electron chi connectivity index (χ2n) is 10.6. The molecule has 1 unspecified atom stereocenters. The summed E-state index contributed by atoms with van der Waals surface area (Å²) in [6.45, 7) is 9.29. The Labute approximate surface area is 267 Å². The lowest BCUT2D eigenvalue weighted by molar-refractivity contribution is -0.143. The quantitative estimate of drug-likeness (QED) is 0.119. The second-order valence-corrected chi connectivity index (χ2v) is 12.6. The molecule has 9 nitrogen and oxygen atoms in total. The summed E-state index contributed by atoms with van der Waals surface area (Å²) in [7, 11) is 3.22. The number of hydrogen-bond donors (Lipinski definition) is 0. The summed E-state index contributed by atoms with van der Waals surface area (Å²) < 4.78 is 25.2. The SMILES string of the molecule is CCOC(=O)C(C)N(Sc1ccc(OC)cc1)c1ncc(N(Sc2ccc(OC)cc2)C(=O)OC(C)(C)C)c2ccccc12. The molecular formula is C33H37N3O6S2. The van der Waals surface area contributed by atoms with Gasteiger partial charge in [0.1, 0.15) is 29.0 Å². The van der Waals surface area contributed by atoms with Crippen molar-refractivity contribution in [2.75, 3.05) is 29.4 Å². The summed E-state index contributed by atoms with van der Waals surface area (Å²) in [6.07, 6.45) is 1.10. The summed E-state index contributed by atoms with van der Waals surface area (Å²) in [5.41, 5.74) is -0.183. The van der Waals surface area contributed by atoms with E-state index >= 15 is 0 Å². The Morgan fingerprint density at radius 2 is 1.39 bits per heavy atom. The van der Waals surface area contributed by atoms with Gasteiger partial charge in [-0.15, -0.1) is 0 Å². The number of carbonyl (C=O) groups is 2. The van der Waals surface area contributed by atoms with Crippen LogP contribution in [-0.2, 0) is 14.3 Å². The molecule has 1 atom stereocenters. The van der Waals surface area contributed by atoms with E-state index in [1.54, 1.807) is 34.3 Å². The maximum atomic E-state index is 13.7. The number of aromatic nitrogens is 1. The van der Waals surface area contributed by atoms with Crippen molar-refractivity contribution in [2.45, 2.75) is 56.1 Å². The fourth-order valence-corrected chi connectivity index (χ4v) is 5.93. The maximum absolute atomic E-state index is 13.7. The van der Waals surface area contributed by atoms with Gasteiger partial charge in [-0.2, -0.15) is 0 Å². The molecule has 0 N–H and O–H groups in total. The van der Waals surface area contributed by atoms with E-state index in [1.165, 1.54) is 28.2 Å². The number of hydrogen-bond acceptors (Lipinski definition) is 10. The number of benzene rings is 3. The van der Waals surface area contributed by atoms with Crippen molar-refractivity contribution in [3.05, 3.63) is 79.0 Å². The first kappa shape index (κ1) is 32.8. The van der Waals surface area contributed by atoms with Crippen LogP contribution in [0, 0.1) is 0 Å². The van der Waals surface area contributed by atoms with Crippen LogP contribution in [0.15, 0.2) is 88.8 Å². The molecule has 0 spiro atoms. The van der Waals surface area contributed by atoms with Gasteiger partial charge in [-0.3, -0.25) is 4.31 Å². The standard InChI is InChI=1S/C33H37N3O6S2/c1-8-41-31(37)22(2)35(43-25-17-13-23(39-6)14-18-25)30-28-12-10-9-11-27(28)29(21-34-30)36(32(38)42-33(3,4)5)44-26-19-15-24(40-7)16-20-26/h9-22H,8H2,1-7H3. The third-order valence-electron chi connectivity index (χ3n) is 6.24. The van der Waals surface area contributed by atoms with Crippen LogP contribution < -0.4 is 18.1 Å². The molecule has 1 heterocycles. The monoisotopic (exact) mass is 635 g/mol. The van der Waals surface area contributed by atoms with E-state index in [4.69, 9.17) is 23.9 Å². The Balaban J connectivity index is 1.83. The van der Waals surface area contributed by atoms with Crippen LogP contribution in [-0.4, -0.2) is 49.5 Å². The third-order valence-corrected chi connectivity index (χ3v) is 8.42. The Kier molecular flexibility index (Phi) is 10.9. The van der Waals surface area contributed by atoms with E-state index in [0.717, 1.165) is 26.3 Å². The average molecular weight is 636 g/mol. The van der Waals surface area contributed by atoms with E-state index in [0.29, 0.717) is 17.3 Å². The summed E-state index contributed by atoms with van der Waals surface area (Å²) in [5.74, 6) is 1.60. The Hall–Kier alpha value is -4.09. The minimum atomic E-state index is -0.722. The lowest BCUT2D eigenvalue weighted by Gasteiger charge is -2.30. The van der Waals surface area contributed by atoms with E-state index in [-0.39, 0.29) is 12.6 Å². The first-order chi connectivity index (χ1) is 21.0. The number of anilines is 2. The molecule has 232 valence electrons. The first-order valence-electron chi connectivity index (χ1n) is 14.1. The van der Waals surface area contributed by atoms with Gasteiger partial charge in [0.05, 0.1) is 32.7 Å². The van der Waals surface area contributed by atoms with Crippen molar-refractivity contribution in [2.24, 2.45) is 0 Å². The Morgan fingerprint density at radius 1 is 0.841 bits per heavy atom. The molecule has 11 heteroatoms. The number of amides is 1.